The van der Waals surface area contributed by atoms with Crippen LogP contribution in [-0.2, 0) is 4.79 Å². The topological polar surface area (TPSA) is 84.8 Å². The van der Waals surface area contributed by atoms with Gasteiger partial charge in [0.25, 0.3) is 0 Å². The highest BCUT2D eigenvalue weighted by molar-refractivity contribution is 6.30. The van der Waals surface area contributed by atoms with Gasteiger partial charge in [-0.05, 0) is 48.7 Å². The van der Waals surface area contributed by atoms with E-state index >= 15 is 0 Å². The number of hydrazine groups is 1. The summed E-state index contributed by atoms with van der Waals surface area (Å²) in [4.78, 5) is 14.8. The summed E-state index contributed by atoms with van der Waals surface area (Å²) >= 11 is 6.06. The fourth-order valence-corrected chi connectivity index (χ4v) is 4.85. The molecule has 2 saturated heterocycles. The van der Waals surface area contributed by atoms with Crippen LogP contribution >= 0.6 is 11.6 Å². The Bertz CT molecular complexity index is 879. The molecule has 6 nitrogen and oxygen atoms in total. The molecule has 2 fully saturated rings. The Balaban J connectivity index is 1.81. The van der Waals surface area contributed by atoms with Crippen LogP contribution in [0.25, 0.3) is 0 Å². The number of hydrogen-bond acceptors (Lipinski definition) is 5. The first-order chi connectivity index (χ1) is 13.4. The lowest BCUT2D eigenvalue weighted by Crippen LogP contribution is -2.42. The van der Waals surface area contributed by atoms with E-state index in [-0.39, 0.29) is 42.8 Å². The number of carbonyl (C=O) groups excluding carboxylic acids is 1. The van der Waals surface area contributed by atoms with E-state index in [1.807, 2.05) is 44.2 Å². The van der Waals surface area contributed by atoms with Gasteiger partial charge < -0.3 is 15.1 Å². The Morgan fingerprint density at radius 2 is 1.79 bits per heavy atom. The lowest BCUT2D eigenvalue weighted by atomic mass is 9.81. The number of aliphatic hydroxyl groups excluding tert-OH is 1. The van der Waals surface area contributed by atoms with Crippen molar-refractivity contribution in [1.29, 1.82) is 0 Å². The molecule has 2 heterocycles. The second-order valence-electron chi connectivity index (χ2n) is 7.59. The highest BCUT2D eigenvalue weighted by atomic mass is 35.5. The first-order valence-corrected chi connectivity index (χ1v) is 9.78. The third-order valence-electron chi connectivity index (χ3n) is 5.79. The van der Waals surface area contributed by atoms with Gasteiger partial charge in [-0.2, -0.15) is 0 Å². The summed E-state index contributed by atoms with van der Waals surface area (Å²) in [6.07, 6.45) is 0. The minimum atomic E-state index is -0.433. The molecule has 148 valence electrons. The summed E-state index contributed by atoms with van der Waals surface area (Å²) in [5, 5.41) is 20.8. The second kappa shape index (κ2) is 7.37. The van der Waals surface area contributed by atoms with Crippen LogP contribution in [0.1, 0.15) is 34.3 Å². The maximum Gasteiger partial charge on any atom is 0.242 e. The van der Waals surface area contributed by atoms with E-state index in [1.54, 1.807) is 11.0 Å². The van der Waals surface area contributed by atoms with E-state index in [2.05, 4.69) is 10.9 Å². The molecule has 0 saturated carbocycles. The minimum absolute atomic E-state index is 0.0572. The fraction of sp³-hybridized carbons (Fsp3) is 0.381. The molecule has 0 aliphatic carbocycles. The number of phenols is 1. The molecule has 7 heteroatoms. The number of nitrogens with one attached hydrogen (secondary N) is 2. The quantitative estimate of drug-likeness (QED) is 0.632. The van der Waals surface area contributed by atoms with Crippen LogP contribution in [0.2, 0.25) is 5.02 Å². The highest BCUT2D eigenvalue weighted by Gasteiger charge is 2.55. The molecule has 2 aliphatic rings. The van der Waals surface area contributed by atoms with Gasteiger partial charge in [-0.25, -0.2) is 10.9 Å². The maximum atomic E-state index is 13.1. The van der Waals surface area contributed by atoms with E-state index in [0.717, 1.165) is 22.3 Å². The average molecular weight is 402 g/mol. The lowest BCUT2D eigenvalue weighted by Gasteiger charge is -2.31. The van der Waals surface area contributed by atoms with Crippen LogP contribution in [0.15, 0.2) is 36.4 Å². The molecule has 4 rings (SSSR count). The number of aromatic hydroxyl groups is 1. The smallest absolute Gasteiger partial charge is 0.242 e. The number of nitrogens with zero attached hydrogens (tertiary/aromatic N) is 1. The molecule has 0 radical (unpaired) electrons. The Labute approximate surface area is 169 Å². The van der Waals surface area contributed by atoms with Crippen LogP contribution in [0.4, 0.5) is 0 Å². The zero-order chi connectivity index (χ0) is 20.0. The van der Waals surface area contributed by atoms with E-state index < -0.39 is 6.04 Å². The van der Waals surface area contributed by atoms with E-state index in [4.69, 9.17) is 11.6 Å². The monoisotopic (exact) mass is 401 g/mol. The number of amides is 1. The normalized spacial score (nSPS) is 26.7. The Kier molecular flexibility index (Phi) is 5.05. The Morgan fingerprint density at radius 3 is 2.43 bits per heavy atom. The molecule has 0 spiro atoms. The summed E-state index contributed by atoms with van der Waals surface area (Å²) in [5.41, 5.74) is 10.1. The van der Waals surface area contributed by atoms with Crippen LogP contribution in [0.3, 0.4) is 0 Å². The molecule has 0 aromatic heterocycles. The SMILES string of the molecule is Cc1cc(C)c(C2NNC3C(=O)N(CCO)C(c4ccc(Cl)cc4)C32)c(O)c1. The molecular formula is C21H24ClN3O3. The number of benzene rings is 2. The number of likely N-dealkylation sites (tertiary alicyclic amines) is 1. The van der Waals surface area contributed by atoms with Crippen molar-refractivity contribution < 1.29 is 15.0 Å². The summed E-state index contributed by atoms with van der Waals surface area (Å²) in [6.45, 7) is 4.06. The number of hydrogen-bond donors (Lipinski definition) is 4. The number of fused-ring (bicyclic) bond motifs is 1. The molecule has 4 N–H and O–H groups in total. The predicted octanol–water partition coefficient (Wildman–Crippen LogP) is 2.37. The van der Waals surface area contributed by atoms with Crippen molar-refractivity contribution in [2.75, 3.05) is 13.2 Å². The lowest BCUT2D eigenvalue weighted by molar-refractivity contribution is -0.131. The number of phenolic OH excluding ortho intramolecular Hbond substituents is 1. The summed E-state index contributed by atoms with van der Waals surface area (Å²) in [7, 11) is 0. The van der Waals surface area contributed by atoms with Crippen molar-refractivity contribution in [2.45, 2.75) is 32.0 Å². The predicted molar refractivity (Wildman–Crippen MR) is 107 cm³/mol. The summed E-state index contributed by atoms with van der Waals surface area (Å²) in [5.74, 6) is 0.0196. The molecule has 2 aromatic carbocycles. The Morgan fingerprint density at radius 1 is 1.11 bits per heavy atom. The molecule has 4 atom stereocenters. The molecule has 2 aromatic rings. The highest BCUT2D eigenvalue weighted by Crippen LogP contribution is 2.49. The fourth-order valence-electron chi connectivity index (χ4n) is 4.72. The van der Waals surface area contributed by atoms with Crippen molar-refractivity contribution in [3.05, 3.63) is 63.7 Å². The van der Waals surface area contributed by atoms with E-state index in [1.165, 1.54) is 0 Å². The van der Waals surface area contributed by atoms with Gasteiger partial charge >= 0.3 is 0 Å². The van der Waals surface area contributed by atoms with Gasteiger partial charge in [0.15, 0.2) is 0 Å². The van der Waals surface area contributed by atoms with Gasteiger partial charge in [-0.1, -0.05) is 29.8 Å². The molecule has 1 amide bonds. The first-order valence-electron chi connectivity index (χ1n) is 9.40. The van der Waals surface area contributed by atoms with Gasteiger partial charge in [0, 0.05) is 23.0 Å². The van der Waals surface area contributed by atoms with Crippen molar-refractivity contribution >= 4 is 17.5 Å². The van der Waals surface area contributed by atoms with Crippen LogP contribution < -0.4 is 10.9 Å². The second-order valence-corrected chi connectivity index (χ2v) is 8.02. The Hall–Kier alpha value is -2.12. The number of carbonyl (C=O) groups is 1. The number of aliphatic hydroxyl groups is 1. The first kappa shape index (κ1) is 19.2. The van der Waals surface area contributed by atoms with Crippen LogP contribution in [0.5, 0.6) is 5.75 Å². The number of β-amino-alcohol motifs (C(OH)–C–C–N with tert-alkyl or cyclic N) is 1. The third kappa shape index (κ3) is 3.06. The van der Waals surface area contributed by atoms with E-state index in [9.17, 15) is 15.0 Å². The van der Waals surface area contributed by atoms with Gasteiger partial charge in [-0.3, -0.25) is 4.79 Å². The van der Waals surface area contributed by atoms with Gasteiger partial charge in [0.1, 0.15) is 11.8 Å². The zero-order valence-electron chi connectivity index (χ0n) is 15.8. The minimum Gasteiger partial charge on any atom is -0.508 e. The summed E-state index contributed by atoms with van der Waals surface area (Å²) < 4.78 is 0. The van der Waals surface area contributed by atoms with Crippen LogP contribution in [-0.4, -0.2) is 40.2 Å². The molecular weight excluding hydrogens is 378 g/mol. The summed E-state index contributed by atoms with van der Waals surface area (Å²) in [6, 6.07) is 10.3. The van der Waals surface area contributed by atoms with Crippen molar-refractivity contribution in [2.24, 2.45) is 5.92 Å². The molecule has 28 heavy (non-hydrogen) atoms. The number of halogens is 1. The average Bonchev–Trinajstić information content (AvgIpc) is 3.16. The maximum absolute atomic E-state index is 13.1. The van der Waals surface area contributed by atoms with Gasteiger partial charge in [0.2, 0.25) is 5.91 Å². The van der Waals surface area contributed by atoms with Crippen molar-refractivity contribution in [1.82, 2.24) is 15.8 Å². The number of rotatable bonds is 4. The standard InChI is InChI=1S/C21H24ClN3O3/c1-11-9-12(2)16(15(27)10-11)18-17-19(24-23-18)21(28)25(7-8-26)20(17)13-3-5-14(22)6-4-13/h3-6,9-10,17-20,23-24,26-27H,7-8H2,1-2H3. The van der Waals surface area contributed by atoms with Crippen molar-refractivity contribution in [3.63, 3.8) is 0 Å². The van der Waals surface area contributed by atoms with Crippen molar-refractivity contribution in [3.8, 4) is 5.75 Å². The largest absolute Gasteiger partial charge is 0.508 e. The molecule has 2 aliphatic heterocycles. The third-order valence-corrected chi connectivity index (χ3v) is 6.04. The van der Waals surface area contributed by atoms with Gasteiger partial charge in [-0.15, -0.1) is 0 Å². The van der Waals surface area contributed by atoms with Crippen LogP contribution in [0, 0.1) is 19.8 Å². The number of aryl methyl sites for hydroxylation is 2. The van der Waals surface area contributed by atoms with Gasteiger partial charge in [0.05, 0.1) is 18.7 Å². The molecule has 0 bridgehead atoms. The zero-order valence-corrected chi connectivity index (χ0v) is 16.6. The van der Waals surface area contributed by atoms with E-state index in [0.29, 0.717) is 5.02 Å². The molecule has 4 unspecified atom stereocenters.